The fourth-order valence-corrected chi connectivity index (χ4v) is 4.50. The predicted molar refractivity (Wildman–Crippen MR) is 92.5 cm³/mol. The SMILES string of the molecule is CCCCOCCCNC(=O)CN(C)S(=O)(=O)c1ccc(Cl)s1. The zero-order valence-corrected chi connectivity index (χ0v) is 15.8. The van der Waals surface area contributed by atoms with Crippen molar-refractivity contribution in [3.63, 3.8) is 0 Å². The maximum absolute atomic E-state index is 12.2. The number of sulfonamides is 1. The van der Waals surface area contributed by atoms with Gasteiger partial charge in [-0.05, 0) is 25.0 Å². The number of amides is 1. The molecule has 1 N–H and O–H groups in total. The molecule has 0 aliphatic heterocycles. The van der Waals surface area contributed by atoms with E-state index in [1.54, 1.807) is 0 Å². The molecule has 1 aromatic rings. The average Bonchev–Trinajstić information content (AvgIpc) is 2.93. The van der Waals surface area contributed by atoms with Crippen molar-refractivity contribution in [2.45, 2.75) is 30.4 Å². The molecule has 0 saturated carbocycles. The number of carbonyl (C=O) groups is 1. The number of carbonyl (C=O) groups excluding carboxylic acids is 1. The minimum atomic E-state index is -3.68. The van der Waals surface area contributed by atoms with E-state index in [1.807, 2.05) is 0 Å². The van der Waals surface area contributed by atoms with Crippen molar-refractivity contribution in [1.29, 1.82) is 0 Å². The van der Waals surface area contributed by atoms with Crippen molar-refractivity contribution in [1.82, 2.24) is 9.62 Å². The first kappa shape index (κ1) is 20.4. The highest BCUT2D eigenvalue weighted by atomic mass is 35.5. The molecular formula is C14H23ClN2O4S2. The van der Waals surface area contributed by atoms with Gasteiger partial charge in [0.25, 0.3) is 10.0 Å². The molecule has 1 amide bonds. The highest BCUT2D eigenvalue weighted by Gasteiger charge is 2.24. The Balaban J connectivity index is 2.31. The van der Waals surface area contributed by atoms with E-state index in [1.165, 1.54) is 19.2 Å². The van der Waals surface area contributed by atoms with Gasteiger partial charge in [-0.2, -0.15) is 4.31 Å². The molecule has 23 heavy (non-hydrogen) atoms. The first-order valence-electron chi connectivity index (χ1n) is 7.44. The number of hydrogen-bond acceptors (Lipinski definition) is 5. The topological polar surface area (TPSA) is 75.7 Å². The van der Waals surface area contributed by atoms with Crippen molar-refractivity contribution in [2.24, 2.45) is 0 Å². The number of nitrogens with zero attached hydrogens (tertiary/aromatic N) is 1. The van der Waals surface area contributed by atoms with Crippen LogP contribution in [0.15, 0.2) is 16.3 Å². The zero-order valence-electron chi connectivity index (χ0n) is 13.4. The van der Waals surface area contributed by atoms with Crippen molar-refractivity contribution in [2.75, 3.05) is 33.4 Å². The van der Waals surface area contributed by atoms with Gasteiger partial charge >= 0.3 is 0 Å². The quantitative estimate of drug-likeness (QED) is 0.596. The Bertz CT molecular complexity index is 589. The minimum Gasteiger partial charge on any atom is -0.381 e. The molecular weight excluding hydrogens is 360 g/mol. The van der Waals surface area contributed by atoms with Crippen LogP contribution in [0.25, 0.3) is 0 Å². The van der Waals surface area contributed by atoms with E-state index in [0.29, 0.717) is 23.9 Å². The Morgan fingerprint density at radius 3 is 2.65 bits per heavy atom. The third-order valence-electron chi connectivity index (χ3n) is 3.01. The standard InChI is InChI=1S/C14H23ClN2O4S2/c1-3-4-9-21-10-5-8-16-13(18)11-17(2)23(19,20)14-7-6-12(15)22-14/h6-7H,3-5,8-11H2,1-2H3,(H,16,18). The molecule has 0 unspecified atom stereocenters. The van der Waals surface area contributed by atoms with Gasteiger partial charge in [0, 0.05) is 26.8 Å². The lowest BCUT2D eigenvalue weighted by atomic mass is 10.3. The lowest BCUT2D eigenvalue weighted by Gasteiger charge is -2.15. The molecule has 0 aromatic carbocycles. The molecule has 0 fully saturated rings. The van der Waals surface area contributed by atoms with Crippen LogP contribution in [0.3, 0.4) is 0 Å². The normalized spacial score (nSPS) is 11.8. The molecule has 1 heterocycles. The number of ether oxygens (including phenoxy) is 1. The molecule has 9 heteroatoms. The summed E-state index contributed by atoms with van der Waals surface area (Å²) in [6.07, 6.45) is 2.82. The van der Waals surface area contributed by atoms with E-state index in [9.17, 15) is 13.2 Å². The van der Waals surface area contributed by atoms with Crippen molar-refractivity contribution < 1.29 is 17.9 Å². The van der Waals surface area contributed by atoms with E-state index in [2.05, 4.69) is 12.2 Å². The minimum absolute atomic E-state index is 0.127. The van der Waals surface area contributed by atoms with E-state index in [4.69, 9.17) is 16.3 Å². The highest BCUT2D eigenvalue weighted by Crippen LogP contribution is 2.27. The van der Waals surface area contributed by atoms with E-state index < -0.39 is 10.0 Å². The molecule has 0 aliphatic rings. The second-order valence-corrected chi connectivity index (χ2v) is 8.98. The van der Waals surface area contributed by atoms with E-state index >= 15 is 0 Å². The van der Waals surface area contributed by atoms with Crippen molar-refractivity contribution >= 4 is 38.9 Å². The Morgan fingerprint density at radius 2 is 2.04 bits per heavy atom. The molecule has 0 aliphatic carbocycles. The molecule has 0 spiro atoms. The molecule has 1 rings (SSSR count). The van der Waals surface area contributed by atoms with Crippen LogP contribution in [0.2, 0.25) is 4.34 Å². The van der Waals surface area contributed by atoms with E-state index in [0.717, 1.165) is 35.1 Å². The Labute approximate surface area is 146 Å². The molecule has 0 bridgehead atoms. The summed E-state index contributed by atoms with van der Waals surface area (Å²) in [6, 6.07) is 2.95. The van der Waals surface area contributed by atoms with Crippen molar-refractivity contribution in [3.05, 3.63) is 16.5 Å². The number of unbranched alkanes of at least 4 members (excludes halogenated alkanes) is 1. The Kier molecular flexibility index (Phi) is 9.08. The number of nitrogens with one attached hydrogen (secondary N) is 1. The van der Waals surface area contributed by atoms with E-state index in [-0.39, 0.29) is 16.7 Å². The number of rotatable bonds is 11. The summed E-state index contributed by atoms with van der Waals surface area (Å²) in [5, 5.41) is 2.69. The number of thiophene rings is 1. The van der Waals surface area contributed by atoms with Gasteiger partial charge in [-0.15, -0.1) is 11.3 Å². The fourth-order valence-electron chi connectivity index (χ4n) is 1.68. The smallest absolute Gasteiger partial charge is 0.252 e. The van der Waals surface area contributed by atoms with Gasteiger partial charge in [0.05, 0.1) is 10.9 Å². The van der Waals surface area contributed by atoms with Crippen LogP contribution in [0, 0.1) is 0 Å². The molecule has 132 valence electrons. The summed E-state index contributed by atoms with van der Waals surface area (Å²) < 4.78 is 31.4. The summed E-state index contributed by atoms with van der Waals surface area (Å²) in [7, 11) is -2.31. The Hall–Kier alpha value is -0.670. The molecule has 0 saturated heterocycles. The average molecular weight is 383 g/mol. The van der Waals surface area contributed by atoms with Crippen molar-refractivity contribution in [3.8, 4) is 0 Å². The summed E-state index contributed by atoms with van der Waals surface area (Å²) in [4.78, 5) is 11.8. The third-order valence-corrected chi connectivity index (χ3v) is 6.51. The van der Waals surface area contributed by atoms with Gasteiger partial charge < -0.3 is 10.1 Å². The van der Waals surface area contributed by atoms with Crippen LogP contribution in [-0.4, -0.2) is 52.0 Å². The Morgan fingerprint density at radius 1 is 1.35 bits per heavy atom. The maximum Gasteiger partial charge on any atom is 0.252 e. The summed E-state index contributed by atoms with van der Waals surface area (Å²) in [5.41, 5.74) is 0. The van der Waals surface area contributed by atoms with Crippen LogP contribution >= 0.6 is 22.9 Å². The third kappa shape index (κ3) is 7.17. The van der Waals surface area contributed by atoms with Crippen LogP contribution in [0.1, 0.15) is 26.2 Å². The van der Waals surface area contributed by atoms with Gasteiger partial charge in [0.2, 0.25) is 5.91 Å². The lowest BCUT2D eigenvalue weighted by molar-refractivity contribution is -0.121. The van der Waals surface area contributed by atoms with Gasteiger partial charge in [0.15, 0.2) is 0 Å². The fraction of sp³-hybridized carbons (Fsp3) is 0.643. The van der Waals surface area contributed by atoms with Gasteiger partial charge in [-0.3, -0.25) is 4.79 Å². The van der Waals surface area contributed by atoms with Gasteiger partial charge in [-0.25, -0.2) is 8.42 Å². The second kappa shape index (κ2) is 10.2. The summed E-state index contributed by atoms with van der Waals surface area (Å²) >= 11 is 6.72. The molecule has 1 aromatic heterocycles. The van der Waals surface area contributed by atoms with Gasteiger partial charge in [-0.1, -0.05) is 24.9 Å². The summed E-state index contributed by atoms with van der Waals surface area (Å²) in [6.45, 7) is 3.65. The van der Waals surface area contributed by atoms with Crippen LogP contribution in [0.4, 0.5) is 0 Å². The summed E-state index contributed by atoms with van der Waals surface area (Å²) in [5.74, 6) is -0.340. The van der Waals surface area contributed by atoms with Crippen LogP contribution in [-0.2, 0) is 19.6 Å². The van der Waals surface area contributed by atoms with Gasteiger partial charge in [0.1, 0.15) is 4.21 Å². The molecule has 6 nitrogen and oxygen atoms in total. The highest BCUT2D eigenvalue weighted by molar-refractivity contribution is 7.91. The largest absolute Gasteiger partial charge is 0.381 e. The lowest BCUT2D eigenvalue weighted by Crippen LogP contribution is -2.38. The number of likely N-dealkylation sites (N-methyl/N-ethyl adjacent to an activating group) is 1. The zero-order chi connectivity index (χ0) is 17.3. The number of halogens is 1. The number of hydrogen-bond donors (Lipinski definition) is 1. The molecule has 0 radical (unpaired) electrons. The predicted octanol–water partition coefficient (Wildman–Crippen LogP) is 2.35. The molecule has 0 atom stereocenters. The van der Waals surface area contributed by atoms with Crippen LogP contribution < -0.4 is 5.32 Å². The second-order valence-electron chi connectivity index (χ2n) is 4.99. The first-order chi connectivity index (χ1) is 10.9. The monoisotopic (exact) mass is 382 g/mol. The first-order valence-corrected chi connectivity index (χ1v) is 10.1. The maximum atomic E-state index is 12.2. The van der Waals surface area contributed by atoms with Crippen LogP contribution in [0.5, 0.6) is 0 Å².